The average molecular weight is 296 g/mol. The van der Waals surface area contributed by atoms with Gasteiger partial charge in [0.25, 0.3) is 0 Å². The topological polar surface area (TPSA) is 12.0 Å². The van der Waals surface area contributed by atoms with E-state index >= 15 is 0 Å². The molecule has 1 saturated carbocycles. The van der Waals surface area contributed by atoms with E-state index in [1.165, 1.54) is 47.8 Å². The van der Waals surface area contributed by atoms with Crippen molar-refractivity contribution in [2.24, 2.45) is 5.92 Å². The van der Waals surface area contributed by atoms with Crippen LogP contribution in [0.25, 0.3) is 0 Å². The Morgan fingerprint density at radius 3 is 2.88 bits per heavy atom. The second-order valence-corrected chi connectivity index (χ2v) is 6.10. The van der Waals surface area contributed by atoms with Gasteiger partial charge in [-0.05, 0) is 49.4 Å². The Hall–Kier alpha value is -0.500. The van der Waals surface area contributed by atoms with Gasteiger partial charge in [0.15, 0.2) is 0 Å². The van der Waals surface area contributed by atoms with Crippen molar-refractivity contribution in [3.05, 3.63) is 28.2 Å². The maximum atomic E-state index is 3.69. The first-order chi connectivity index (χ1) is 8.19. The summed E-state index contributed by atoms with van der Waals surface area (Å²) in [5.74, 6) is 0.929. The molecule has 0 aromatic heterocycles. The molecule has 0 heterocycles. The van der Waals surface area contributed by atoms with Crippen LogP contribution >= 0.6 is 15.9 Å². The van der Waals surface area contributed by atoms with E-state index in [-0.39, 0.29) is 0 Å². The van der Waals surface area contributed by atoms with Crippen LogP contribution in [0.5, 0.6) is 0 Å². The molecule has 0 saturated heterocycles. The predicted octanol–water partition coefficient (Wildman–Crippen LogP) is 5.14. The summed E-state index contributed by atoms with van der Waals surface area (Å²) in [7, 11) is 0. The van der Waals surface area contributed by atoms with Gasteiger partial charge in [0.05, 0.1) is 0 Å². The Balaban J connectivity index is 1.97. The Bertz CT molecular complexity index is 375. The number of benzene rings is 1. The molecule has 1 aromatic rings. The van der Waals surface area contributed by atoms with Crippen LogP contribution in [0.4, 0.5) is 5.69 Å². The molecule has 1 N–H and O–H groups in total. The predicted molar refractivity (Wildman–Crippen MR) is 78.5 cm³/mol. The molecule has 0 spiro atoms. The molecule has 1 aliphatic carbocycles. The minimum Gasteiger partial charge on any atom is -0.382 e. The van der Waals surface area contributed by atoms with Gasteiger partial charge in [0, 0.05) is 16.2 Å². The highest BCUT2D eigenvalue weighted by Crippen LogP contribution is 2.29. The fourth-order valence-corrected chi connectivity index (χ4v) is 3.01. The fourth-order valence-electron chi connectivity index (χ4n) is 2.76. The van der Waals surface area contributed by atoms with Crippen molar-refractivity contribution in [1.82, 2.24) is 0 Å². The molecule has 0 amide bonds. The first-order valence-corrected chi connectivity index (χ1v) is 7.51. The van der Waals surface area contributed by atoms with Crippen molar-refractivity contribution < 1.29 is 0 Å². The van der Waals surface area contributed by atoms with E-state index in [0.717, 1.165) is 5.92 Å². The van der Waals surface area contributed by atoms with Gasteiger partial charge in [0.2, 0.25) is 0 Å². The third-order valence-corrected chi connectivity index (χ3v) is 4.78. The molecule has 2 unspecified atom stereocenters. The number of hydrogen-bond acceptors (Lipinski definition) is 1. The summed E-state index contributed by atoms with van der Waals surface area (Å²) in [5, 5.41) is 3.69. The number of aryl methyl sites for hydroxylation is 1. The van der Waals surface area contributed by atoms with Gasteiger partial charge in [-0.3, -0.25) is 0 Å². The molecule has 1 aliphatic rings. The number of anilines is 1. The standard InChI is InChI=1S/C15H22BrN/c1-3-12-5-4-6-13(10-12)17-14-7-8-15(16)11(2)9-14/h7-9,12-13,17H,3-6,10H2,1-2H3. The monoisotopic (exact) mass is 295 g/mol. The van der Waals surface area contributed by atoms with E-state index in [0.29, 0.717) is 6.04 Å². The van der Waals surface area contributed by atoms with Crippen LogP contribution in [0, 0.1) is 12.8 Å². The Morgan fingerprint density at radius 1 is 1.35 bits per heavy atom. The quantitative estimate of drug-likeness (QED) is 0.814. The van der Waals surface area contributed by atoms with E-state index in [9.17, 15) is 0 Å². The van der Waals surface area contributed by atoms with Gasteiger partial charge in [-0.1, -0.05) is 42.1 Å². The zero-order valence-corrected chi connectivity index (χ0v) is 12.4. The lowest BCUT2D eigenvalue weighted by molar-refractivity contribution is 0.327. The first-order valence-electron chi connectivity index (χ1n) is 6.71. The van der Waals surface area contributed by atoms with Gasteiger partial charge in [-0.15, -0.1) is 0 Å². The summed E-state index contributed by atoms with van der Waals surface area (Å²) in [6.07, 6.45) is 6.80. The third-order valence-electron chi connectivity index (χ3n) is 3.89. The summed E-state index contributed by atoms with van der Waals surface area (Å²) in [5.41, 5.74) is 2.57. The average Bonchev–Trinajstić information content (AvgIpc) is 2.34. The molecule has 17 heavy (non-hydrogen) atoms. The highest BCUT2D eigenvalue weighted by molar-refractivity contribution is 9.10. The van der Waals surface area contributed by atoms with E-state index in [2.05, 4.69) is 53.3 Å². The third kappa shape index (κ3) is 3.48. The molecule has 2 atom stereocenters. The van der Waals surface area contributed by atoms with E-state index in [4.69, 9.17) is 0 Å². The second-order valence-electron chi connectivity index (χ2n) is 5.25. The lowest BCUT2D eigenvalue weighted by Crippen LogP contribution is -2.27. The molecular formula is C15H22BrN. The van der Waals surface area contributed by atoms with E-state index < -0.39 is 0 Å². The minimum absolute atomic E-state index is 0.675. The summed E-state index contributed by atoms with van der Waals surface area (Å²) < 4.78 is 1.19. The molecule has 2 rings (SSSR count). The molecule has 1 nitrogen and oxygen atoms in total. The van der Waals surface area contributed by atoms with Gasteiger partial charge >= 0.3 is 0 Å². The molecule has 94 valence electrons. The zero-order valence-electron chi connectivity index (χ0n) is 10.8. The van der Waals surface area contributed by atoms with Crippen LogP contribution < -0.4 is 5.32 Å². The van der Waals surface area contributed by atoms with Crippen LogP contribution in [-0.4, -0.2) is 6.04 Å². The summed E-state index contributed by atoms with van der Waals surface area (Å²) in [4.78, 5) is 0. The first kappa shape index (κ1) is 12.9. The maximum Gasteiger partial charge on any atom is 0.0345 e. The smallest absolute Gasteiger partial charge is 0.0345 e. The van der Waals surface area contributed by atoms with Crippen LogP contribution in [0.2, 0.25) is 0 Å². The number of halogens is 1. The van der Waals surface area contributed by atoms with Gasteiger partial charge in [-0.2, -0.15) is 0 Å². The molecule has 0 aliphatic heterocycles. The molecular weight excluding hydrogens is 274 g/mol. The highest BCUT2D eigenvalue weighted by atomic mass is 79.9. The second kappa shape index (κ2) is 5.90. The van der Waals surface area contributed by atoms with Crippen molar-refractivity contribution in [2.45, 2.75) is 52.0 Å². The van der Waals surface area contributed by atoms with Crippen molar-refractivity contribution in [3.63, 3.8) is 0 Å². The Labute approximate surface area is 113 Å². The Morgan fingerprint density at radius 2 is 2.18 bits per heavy atom. The van der Waals surface area contributed by atoms with Crippen LogP contribution in [-0.2, 0) is 0 Å². The lowest BCUT2D eigenvalue weighted by atomic mass is 9.84. The van der Waals surface area contributed by atoms with Crippen molar-refractivity contribution in [3.8, 4) is 0 Å². The molecule has 0 bridgehead atoms. The number of hydrogen-bond donors (Lipinski definition) is 1. The summed E-state index contributed by atoms with van der Waals surface area (Å²) >= 11 is 3.55. The molecule has 0 radical (unpaired) electrons. The largest absolute Gasteiger partial charge is 0.382 e. The van der Waals surface area contributed by atoms with Gasteiger partial charge in [-0.25, -0.2) is 0 Å². The maximum absolute atomic E-state index is 3.69. The van der Waals surface area contributed by atoms with E-state index in [1.807, 2.05) is 0 Å². The summed E-state index contributed by atoms with van der Waals surface area (Å²) in [6, 6.07) is 7.22. The zero-order chi connectivity index (χ0) is 12.3. The molecule has 1 aromatic carbocycles. The molecule has 1 fully saturated rings. The number of nitrogens with one attached hydrogen (secondary N) is 1. The number of rotatable bonds is 3. The minimum atomic E-state index is 0.675. The summed E-state index contributed by atoms with van der Waals surface area (Å²) in [6.45, 7) is 4.46. The Kier molecular flexibility index (Phi) is 4.49. The molecule has 2 heteroatoms. The van der Waals surface area contributed by atoms with E-state index in [1.54, 1.807) is 0 Å². The van der Waals surface area contributed by atoms with Crippen molar-refractivity contribution in [1.29, 1.82) is 0 Å². The normalized spacial score (nSPS) is 24.6. The van der Waals surface area contributed by atoms with Crippen LogP contribution in [0.3, 0.4) is 0 Å². The van der Waals surface area contributed by atoms with Gasteiger partial charge in [0.1, 0.15) is 0 Å². The van der Waals surface area contributed by atoms with Gasteiger partial charge < -0.3 is 5.32 Å². The van der Waals surface area contributed by atoms with Crippen LogP contribution in [0.15, 0.2) is 22.7 Å². The fraction of sp³-hybridized carbons (Fsp3) is 0.600. The SMILES string of the molecule is CCC1CCCC(Nc2ccc(Br)c(C)c2)C1. The highest BCUT2D eigenvalue weighted by Gasteiger charge is 2.20. The van der Waals surface area contributed by atoms with Crippen LogP contribution in [0.1, 0.15) is 44.6 Å². The lowest BCUT2D eigenvalue weighted by Gasteiger charge is -2.30. The van der Waals surface area contributed by atoms with Crippen molar-refractivity contribution >= 4 is 21.6 Å². The van der Waals surface area contributed by atoms with Crippen molar-refractivity contribution in [2.75, 3.05) is 5.32 Å².